The van der Waals surface area contributed by atoms with Gasteiger partial charge in [-0.1, -0.05) is 27.5 Å². The first-order valence-corrected chi connectivity index (χ1v) is 9.70. The van der Waals surface area contributed by atoms with E-state index in [0.29, 0.717) is 26.2 Å². The van der Waals surface area contributed by atoms with Crippen molar-refractivity contribution in [1.82, 2.24) is 9.21 Å². The van der Waals surface area contributed by atoms with E-state index in [9.17, 15) is 13.5 Å². The summed E-state index contributed by atoms with van der Waals surface area (Å²) in [6.07, 6.45) is -0.425. The van der Waals surface area contributed by atoms with Crippen molar-refractivity contribution in [2.24, 2.45) is 0 Å². The van der Waals surface area contributed by atoms with E-state index in [2.05, 4.69) is 20.8 Å². The van der Waals surface area contributed by atoms with Crippen LogP contribution in [0, 0.1) is 0 Å². The molecule has 2 atom stereocenters. The molecule has 1 N–H and O–H groups in total. The molecule has 22 heavy (non-hydrogen) atoms. The van der Waals surface area contributed by atoms with E-state index in [4.69, 9.17) is 11.6 Å². The smallest absolute Gasteiger partial charge is 0.244 e. The van der Waals surface area contributed by atoms with Crippen LogP contribution in [0.25, 0.3) is 0 Å². The molecular formula is C14H20BrClN2O3S. The van der Waals surface area contributed by atoms with Crippen LogP contribution in [-0.4, -0.2) is 61.1 Å². The second-order valence-electron chi connectivity index (χ2n) is 5.63. The zero-order valence-corrected chi connectivity index (χ0v) is 15.7. The first-order chi connectivity index (χ1) is 10.2. The van der Waals surface area contributed by atoms with Crippen molar-refractivity contribution >= 4 is 37.6 Å². The highest BCUT2D eigenvalue weighted by molar-refractivity contribution is 9.10. The number of halogens is 2. The largest absolute Gasteiger partial charge is 0.392 e. The van der Waals surface area contributed by atoms with E-state index in [-0.39, 0.29) is 16.0 Å². The van der Waals surface area contributed by atoms with Gasteiger partial charge in [0.15, 0.2) is 0 Å². The van der Waals surface area contributed by atoms with Gasteiger partial charge in [-0.05, 0) is 32.0 Å². The van der Waals surface area contributed by atoms with Crippen LogP contribution >= 0.6 is 27.5 Å². The number of β-amino-alcohol motifs (C(OH)–C–C–N with tert-alkyl or cyclic N) is 1. The van der Waals surface area contributed by atoms with Gasteiger partial charge in [-0.2, -0.15) is 4.31 Å². The lowest BCUT2D eigenvalue weighted by Crippen LogP contribution is -2.54. The molecule has 8 heteroatoms. The Morgan fingerprint density at radius 3 is 2.68 bits per heavy atom. The number of nitrogens with zero attached hydrogens (tertiary/aromatic N) is 2. The number of aliphatic hydroxyl groups is 1. The Hall–Kier alpha value is -0.180. The van der Waals surface area contributed by atoms with Crippen LogP contribution in [0.3, 0.4) is 0 Å². The maximum Gasteiger partial charge on any atom is 0.244 e. The van der Waals surface area contributed by atoms with Gasteiger partial charge in [0.2, 0.25) is 10.0 Å². The predicted octanol–water partition coefficient (Wildman–Crippen LogP) is 2.18. The van der Waals surface area contributed by atoms with Crippen molar-refractivity contribution in [2.75, 3.05) is 26.2 Å². The Labute approximate surface area is 145 Å². The van der Waals surface area contributed by atoms with E-state index in [1.165, 1.54) is 10.4 Å². The summed E-state index contributed by atoms with van der Waals surface area (Å²) in [5, 5.41) is 9.71. The Kier molecular flexibility index (Phi) is 5.90. The number of sulfonamides is 1. The minimum Gasteiger partial charge on any atom is -0.392 e. The summed E-state index contributed by atoms with van der Waals surface area (Å²) in [6, 6.07) is 4.83. The van der Waals surface area contributed by atoms with Gasteiger partial charge in [-0.3, -0.25) is 4.90 Å². The van der Waals surface area contributed by atoms with Gasteiger partial charge in [0, 0.05) is 36.7 Å². The van der Waals surface area contributed by atoms with Crippen LogP contribution in [0.1, 0.15) is 13.8 Å². The number of hydrogen-bond acceptors (Lipinski definition) is 4. The first kappa shape index (κ1) is 18.2. The van der Waals surface area contributed by atoms with Crippen LogP contribution in [0.2, 0.25) is 5.02 Å². The van der Waals surface area contributed by atoms with Crippen LogP contribution in [0.15, 0.2) is 27.6 Å². The van der Waals surface area contributed by atoms with Gasteiger partial charge in [0.25, 0.3) is 0 Å². The molecule has 1 saturated heterocycles. The molecule has 0 saturated carbocycles. The highest BCUT2D eigenvalue weighted by Gasteiger charge is 2.33. The van der Waals surface area contributed by atoms with Gasteiger partial charge in [-0.25, -0.2) is 8.42 Å². The fourth-order valence-electron chi connectivity index (χ4n) is 2.61. The fraction of sp³-hybridized carbons (Fsp3) is 0.571. The van der Waals surface area contributed by atoms with Gasteiger partial charge in [0.1, 0.15) is 4.90 Å². The molecule has 1 aromatic carbocycles. The lowest BCUT2D eigenvalue weighted by atomic mass is 10.2. The quantitative estimate of drug-likeness (QED) is 0.825. The summed E-state index contributed by atoms with van der Waals surface area (Å²) in [4.78, 5) is 2.23. The molecule has 0 unspecified atom stereocenters. The topological polar surface area (TPSA) is 60.9 Å². The third-order valence-electron chi connectivity index (χ3n) is 3.74. The predicted molar refractivity (Wildman–Crippen MR) is 90.6 cm³/mol. The molecule has 1 aliphatic heterocycles. The maximum atomic E-state index is 12.8. The van der Waals surface area contributed by atoms with Crippen LogP contribution in [0.5, 0.6) is 0 Å². The Morgan fingerprint density at radius 2 is 2.14 bits per heavy atom. The molecular weight excluding hydrogens is 392 g/mol. The molecule has 0 radical (unpaired) electrons. The van der Waals surface area contributed by atoms with Crippen molar-refractivity contribution in [3.05, 3.63) is 27.7 Å². The fourth-order valence-corrected chi connectivity index (χ4v) is 5.14. The number of hydrogen-bond donors (Lipinski definition) is 1. The zero-order valence-electron chi connectivity index (χ0n) is 12.5. The molecule has 1 fully saturated rings. The van der Waals surface area contributed by atoms with E-state index in [1.807, 2.05) is 6.92 Å². The lowest BCUT2D eigenvalue weighted by molar-refractivity contribution is 0.0699. The molecule has 0 spiro atoms. The molecule has 0 amide bonds. The molecule has 1 aromatic rings. The van der Waals surface area contributed by atoms with Crippen molar-refractivity contribution in [3.63, 3.8) is 0 Å². The van der Waals surface area contributed by atoms with Crippen molar-refractivity contribution in [3.8, 4) is 0 Å². The maximum absolute atomic E-state index is 12.8. The van der Waals surface area contributed by atoms with Crippen LogP contribution in [-0.2, 0) is 10.0 Å². The molecule has 5 nitrogen and oxygen atoms in total. The van der Waals surface area contributed by atoms with Gasteiger partial charge in [0.05, 0.1) is 11.1 Å². The SMILES string of the molecule is C[C@H](O)CN1CCN(S(=O)(=O)c2ccc(Br)cc2Cl)C[C@H]1C. The number of piperazine rings is 1. The second kappa shape index (κ2) is 7.15. The Balaban J connectivity index is 2.18. The second-order valence-corrected chi connectivity index (χ2v) is 8.86. The summed E-state index contributed by atoms with van der Waals surface area (Å²) in [6.45, 7) is 5.63. The van der Waals surface area contributed by atoms with Gasteiger partial charge < -0.3 is 5.11 Å². The van der Waals surface area contributed by atoms with E-state index < -0.39 is 16.1 Å². The minimum absolute atomic E-state index is 0.0485. The summed E-state index contributed by atoms with van der Waals surface area (Å²) in [5.74, 6) is 0. The molecule has 1 heterocycles. The first-order valence-electron chi connectivity index (χ1n) is 7.09. The number of aliphatic hydroxyl groups excluding tert-OH is 1. The molecule has 2 rings (SSSR count). The third-order valence-corrected chi connectivity index (χ3v) is 6.58. The van der Waals surface area contributed by atoms with Crippen LogP contribution < -0.4 is 0 Å². The van der Waals surface area contributed by atoms with Crippen LogP contribution in [0.4, 0.5) is 0 Å². The van der Waals surface area contributed by atoms with Gasteiger partial charge >= 0.3 is 0 Å². The van der Waals surface area contributed by atoms with E-state index in [1.54, 1.807) is 19.1 Å². The minimum atomic E-state index is -3.60. The Morgan fingerprint density at radius 1 is 1.45 bits per heavy atom. The molecule has 1 aliphatic rings. The normalized spacial score (nSPS) is 22.7. The third kappa shape index (κ3) is 4.01. The standard InChI is InChI=1S/C14H20BrClN2O3S/c1-10-8-18(6-5-17(10)9-11(2)19)22(20,21)14-4-3-12(15)7-13(14)16/h3-4,7,10-11,19H,5-6,8-9H2,1-2H3/t10-,11+/m1/s1. The Bertz CT molecular complexity index is 639. The zero-order chi connectivity index (χ0) is 16.5. The van der Waals surface area contributed by atoms with Crippen molar-refractivity contribution < 1.29 is 13.5 Å². The molecule has 0 aliphatic carbocycles. The summed E-state index contributed by atoms with van der Waals surface area (Å²) in [7, 11) is -3.60. The summed E-state index contributed by atoms with van der Waals surface area (Å²) in [5.41, 5.74) is 0. The summed E-state index contributed by atoms with van der Waals surface area (Å²) >= 11 is 9.36. The number of rotatable bonds is 4. The molecule has 0 aromatic heterocycles. The van der Waals surface area contributed by atoms with Crippen molar-refractivity contribution in [2.45, 2.75) is 30.9 Å². The van der Waals surface area contributed by atoms with Crippen molar-refractivity contribution in [1.29, 1.82) is 0 Å². The molecule has 0 bridgehead atoms. The number of benzene rings is 1. The van der Waals surface area contributed by atoms with E-state index >= 15 is 0 Å². The lowest BCUT2D eigenvalue weighted by Gasteiger charge is -2.39. The summed E-state index contributed by atoms with van der Waals surface area (Å²) < 4.78 is 27.7. The average Bonchev–Trinajstić information content (AvgIpc) is 2.40. The van der Waals surface area contributed by atoms with E-state index in [0.717, 1.165) is 4.47 Å². The molecule has 124 valence electrons. The highest BCUT2D eigenvalue weighted by Crippen LogP contribution is 2.29. The average molecular weight is 412 g/mol. The highest BCUT2D eigenvalue weighted by atomic mass is 79.9. The monoisotopic (exact) mass is 410 g/mol. The van der Waals surface area contributed by atoms with Gasteiger partial charge in [-0.15, -0.1) is 0 Å².